The molecule has 1 N–H and O–H groups in total. The average molecular weight is 418 g/mol. The average Bonchev–Trinajstić information content (AvgIpc) is 2.73. The van der Waals surface area contributed by atoms with Gasteiger partial charge in [-0.3, -0.25) is 14.5 Å². The first-order valence-electron chi connectivity index (χ1n) is 11.5. The fraction of sp³-hybridized carbons (Fsp3) is 0.667. The van der Waals surface area contributed by atoms with Crippen LogP contribution in [-0.2, 0) is 16.1 Å². The lowest BCUT2D eigenvalue weighted by atomic mass is 9.92. The van der Waals surface area contributed by atoms with Crippen molar-refractivity contribution in [2.75, 3.05) is 32.7 Å². The van der Waals surface area contributed by atoms with Gasteiger partial charge < -0.3 is 10.2 Å². The van der Waals surface area contributed by atoms with Crippen molar-refractivity contribution in [3.63, 3.8) is 0 Å². The smallest absolute Gasteiger partial charge is 0.226 e. The molecule has 0 aliphatic carbocycles. The van der Waals surface area contributed by atoms with Gasteiger partial charge in [0.25, 0.3) is 0 Å². The second kappa shape index (κ2) is 10.9. The third kappa shape index (κ3) is 6.53. The molecule has 0 bridgehead atoms. The molecule has 2 aliphatic rings. The first-order chi connectivity index (χ1) is 14.4. The molecule has 1 aromatic rings. The molecule has 0 spiro atoms. The number of carbonyl (C=O) groups excluding carboxylic acids is 2. The van der Waals surface area contributed by atoms with Crippen LogP contribution in [0.15, 0.2) is 24.3 Å². The molecule has 2 saturated heterocycles. The second-order valence-corrected chi connectivity index (χ2v) is 9.28. The number of hydrogen-bond acceptors (Lipinski definition) is 3. The van der Waals surface area contributed by atoms with Crippen LogP contribution in [0.25, 0.3) is 0 Å². The summed E-state index contributed by atoms with van der Waals surface area (Å²) in [5.74, 6) is 0.758. The highest BCUT2D eigenvalue weighted by Gasteiger charge is 2.33. The molecule has 2 heterocycles. The van der Waals surface area contributed by atoms with Gasteiger partial charge in [-0.25, -0.2) is 4.39 Å². The quantitative estimate of drug-likeness (QED) is 0.739. The Bertz CT molecular complexity index is 716. The summed E-state index contributed by atoms with van der Waals surface area (Å²) >= 11 is 0. The largest absolute Gasteiger partial charge is 0.356 e. The van der Waals surface area contributed by atoms with Gasteiger partial charge in [-0.05, 0) is 62.3 Å². The number of carbonyl (C=O) groups is 2. The number of benzene rings is 1. The minimum absolute atomic E-state index is 0.00345. The summed E-state index contributed by atoms with van der Waals surface area (Å²) in [4.78, 5) is 29.6. The zero-order chi connectivity index (χ0) is 21.5. The molecule has 1 atom stereocenters. The van der Waals surface area contributed by atoms with Crippen molar-refractivity contribution < 1.29 is 14.0 Å². The van der Waals surface area contributed by atoms with E-state index in [-0.39, 0.29) is 29.5 Å². The first-order valence-corrected chi connectivity index (χ1v) is 11.5. The number of piperidine rings is 2. The molecule has 0 saturated carbocycles. The van der Waals surface area contributed by atoms with Crippen LogP contribution in [0.4, 0.5) is 4.39 Å². The van der Waals surface area contributed by atoms with Crippen molar-refractivity contribution in [1.29, 1.82) is 0 Å². The van der Waals surface area contributed by atoms with Gasteiger partial charge in [-0.15, -0.1) is 0 Å². The first kappa shape index (κ1) is 22.7. The van der Waals surface area contributed by atoms with E-state index in [9.17, 15) is 14.0 Å². The van der Waals surface area contributed by atoms with Gasteiger partial charge in [0, 0.05) is 38.6 Å². The van der Waals surface area contributed by atoms with Crippen LogP contribution in [0.5, 0.6) is 0 Å². The molecule has 1 unspecified atom stereocenters. The van der Waals surface area contributed by atoms with E-state index in [1.165, 1.54) is 6.07 Å². The van der Waals surface area contributed by atoms with Gasteiger partial charge in [-0.1, -0.05) is 26.0 Å². The zero-order valence-electron chi connectivity index (χ0n) is 18.4. The second-order valence-electron chi connectivity index (χ2n) is 9.28. The summed E-state index contributed by atoms with van der Waals surface area (Å²) in [6.07, 6.45) is 4.39. The Balaban J connectivity index is 1.44. The lowest BCUT2D eigenvalue weighted by Gasteiger charge is -2.37. The minimum atomic E-state index is -0.215. The summed E-state index contributed by atoms with van der Waals surface area (Å²) in [7, 11) is 0. The molecule has 6 heteroatoms. The van der Waals surface area contributed by atoms with E-state index in [2.05, 4.69) is 24.1 Å². The Hall–Kier alpha value is -1.95. The summed E-state index contributed by atoms with van der Waals surface area (Å²) in [5.41, 5.74) is 0.951. The summed E-state index contributed by atoms with van der Waals surface area (Å²) in [5, 5.41) is 3.05. The van der Waals surface area contributed by atoms with Crippen LogP contribution in [-0.4, -0.2) is 54.3 Å². The molecule has 1 aromatic carbocycles. The van der Waals surface area contributed by atoms with Crippen molar-refractivity contribution in [2.45, 2.75) is 52.5 Å². The van der Waals surface area contributed by atoms with Gasteiger partial charge in [0.2, 0.25) is 11.8 Å². The van der Waals surface area contributed by atoms with Crippen molar-refractivity contribution in [2.24, 2.45) is 17.8 Å². The van der Waals surface area contributed by atoms with Gasteiger partial charge in [0.1, 0.15) is 5.82 Å². The lowest BCUT2D eigenvalue weighted by molar-refractivity contribution is -0.140. The molecular weight excluding hydrogens is 381 g/mol. The maximum absolute atomic E-state index is 13.5. The highest BCUT2D eigenvalue weighted by Crippen LogP contribution is 2.24. The van der Waals surface area contributed by atoms with Gasteiger partial charge in [0.15, 0.2) is 0 Å². The van der Waals surface area contributed by atoms with Crippen molar-refractivity contribution in [3.05, 3.63) is 35.6 Å². The van der Waals surface area contributed by atoms with Crippen LogP contribution in [0.2, 0.25) is 0 Å². The zero-order valence-corrected chi connectivity index (χ0v) is 18.4. The number of nitrogens with one attached hydrogen (secondary N) is 1. The van der Waals surface area contributed by atoms with E-state index in [1.54, 1.807) is 12.1 Å². The number of rotatable bonds is 7. The third-order valence-electron chi connectivity index (χ3n) is 6.35. The Morgan fingerprint density at radius 2 is 1.90 bits per heavy atom. The van der Waals surface area contributed by atoms with E-state index in [0.717, 1.165) is 57.3 Å². The summed E-state index contributed by atoms with van der Waals surface area (Å²) in [6.45, 7) is 8.73. The predicted molar refractivity (Wildman–Crippen MR) is 116 cm³/mol. The molecule has 166 valence electrons. The molecule has 2 amide bonds. The van der Waals surface area contributed by atoms with Crippen LogP contribution in [0, 0.1) is 23.6 Å². The molecule has 0 aromatic heterocycles. The SMILES string of the molecule is CC(C)CCNC(=O)C1CCN(C(=O)C2CCCN(Cc3cccc(F)c3)C2)CC1. The highest BCUT2D eigenvalue weighted by molar-refractivity contribution is 5.81. The van der Waals surface area contributed by atoms with Gasteiger partial charge in [-0.2, -0.15) is 0 Å². The molecule has 3 rings (SSSR count). The molecule has 5 nitrogen and oxygen atoms in total. The van der Waals surface area contributed by atoms with E-state index < -0.39 is 0 Å². The van der Waals surface area contributed by atoms with Gasteiger partial charge in [0.05, 0.1) is 5.92 Å². The molecular formula is C24H36FN3O2. The fourth-order valence-corrected chi connectivity index (χ4v) is 4.54. The van der Waals surface area contributed by atoms with Crippen LogP contribution in [0.3, 0.4) is 0 Å². The lowest BCUT2D eigenvalue weighted by Crippen LogP contribution is -2.48. The van der Waals surface area contributed by atoms with Crippen molar-refractivity contribution in [3.8, 4) is 0 Å². The van der Waals surface area contributed by atoms with Crippen LogP contribution < -0.4 is 5.32 Å². The Labute approximate surface area is 180 Å². The van der Waals surface area contributed by atoms with Gasteiger partial charge >= 0.3 is 0 Å². The number of halogens is 1. The topological polar surface area (TPSA) is 52.7 Å². The Morgan fingerprint density at radius 3 is 2.60 bits per heavy atom. The number of amides is 2. The maximum atomic E-state index is 13.5. The van der Waals surface area contributed by atoms with Crippen molar-refractivity contribution >= 4 is 11.8 Å². The number of likely N-dealkylation sites (tertiary alicyclic amines) is 2. The number of nitrogens with zero attached hydrogens (tertiary/aromatic N) is 2. The standard InChI is InChI=1S/C24H36FN3O2/c1-18(2)8-11-26-23(29)20-9-13-28(14-10-20)24(30)21-6-4-12-27(17-21)16-19-5-3-7-22(25)15-19/h3,5,7,15,18,20-21H,4,6,8-14,16-17H2,1-2H3,(H,26,29). The minimum Gasteiger partial charge on any atom is -0.356 e. The van der Waals surface area contributed by atoms with E-state index in [4.69, 9.17) is 0 Å². The molecule has 2 fully saturated rings. The van der Waals surface area contributed by atoms with E-state index in [1.807, 2.05) is 11.0 Å². The predicted octanol–water partition coefficient (Wildman–Crippen LogP) is 3.44. The van der Waals surface area contributed by atoms with Crippen LogP contribution >= 0.6 is 0 Å². The summed E-state index contributed by atoms with van der Waals surface area (Å²) < 4.78 is 13.5. The third-order valence-corrected chi connectivity index (χ3v) is 6.35. The Morgan fingerprint density at radius 1 is 1.13 bits per heavy atom. The monoisotopic (exact) mass is 417 g/mol. The number of hydrogen-bond donors (Lipinski definition) is 1. The molecule has 2 aliphatic heterocycles. The van der Waals surface area contributed by atoms with E-state index in [0.29, 0.717) is 25.6 Å². The van der Waals surface area contributed by atoms with Crippen molar-refractivity contribution in [1.82, 2.24) is 15.1 Å². The highest BCUT2D eigenvalue weighted by atomic mass is 19.1. The Kier molecular flexibility index (Phi) is 8.25. The maximum Gasteiger partial charge on any atom is 0.226 e. The normalized spacial score (nSPS) is 21.1. The van der Waals surface area contributed by atoms with Crippen LogP contribution in [0.1, 0.15) is 51.5 Å². The fourth-order valence-electron chi connectivity index (χ4n) is 4.54. The summed E-state index contributed by atoms with van der Waals surface area (Å²) in [6, 6.07) is 6.70. The van der Waals surface area contributed by atoms with E-state index >= 15 is 0 Å². The molecule has 0 radical (unpaired) electrons. The molecule has 30 heavy (non-hydrogen) atoms.